The highest BCUT2D eigenvalue weighted by Crippen LogP contribution is 2.45. The van der Waals surface area contributed by atoms with Gasteiger partial charge in [-0.3, -0.25) is 37.3 Å². The smallest absolute Gasteiger partial charge is 0.462 e. The maximum atomic E-state index is 13.0. The molecule has 0 rings (SSSR count). The lowest BCUT2D eigenvalue weighted by Gasteiger charge is -2.21. The first kappa shape index (κ1) is 87.1. The molecule has 528 valence electrons. The molecule has 0 fully saturated rings. The lowest BCUT2D eigenvalue weighted by Crippen LogP contribution is -2.30. The second-order valence-electron chi connectivity index (χ2n) is 26.5. The Morgan fingerprint density at radius 1 is 0.326 bits per heavy atom. The number of carbonyl (C=O) groups excluding carboxylic acids is 4. The summed E-state index contributed by atoms with van der Waals surface area (Å²) in [5.74, 6) is 0.184. The summed E-state index contributed by atoms with van der Waals surface area (Å²) in [4.78, 5) is 72.5. The van der Waals surface area contributed by atoms with Crippen LogP contribution in [0.15, 0.2) is 0 Å². The van der Waals surface area contributed by atoms with E-state index < -0.39 is 97.5 Å². The van der Waals surface area contributed by atoms with Crippen molar-refractivity contribution in [3.8, 4) is 0 Å². The van der Waals surface area contributed by atoms with Crippen LogP contribution in [0.3, 0.4) is 0 Å². The van der Waals surface area contributed by atoms with E-state index in [1.165, 1.54) is 161 Å². The van der Waals surface area contributed by atoms with Gasteiger partial charge in [-0.05, 0) is 43.4 Å². The van der Waals surface area contributed by atoms with E-state index in [2.05, 4.69) is 48.5 Å². The molecule has 6 atom stereocenters. The molecule has 3 unspecified atom stereocenters. The Morgan fingerprint density at radius 2 is 0.573 bits per heavy atom. The summed E-state index contributed by atoms with van der Waals surface area (Å²) in [6.45, 7) is 11.8. The van der Waals surface area contributed by atoms with Crippen molar-refractivity contribution in [2.24, 2.45) is 17.8 Å². The van der Waals surface area contributed by atoms with Gasteiger partial charge in [0.25, 0.3) is 0 Å². The Labute approximate surface area is 543 Å². The van der Waals surface area contributed by atoms with Crippen molar-refractivity contribution >= 4 is 39.5 Å². The fourth-order valence-corrected chi connectivity index (χ4v) is 12.1. The number of aliphatic hydroxyl groups is 1. The Balaban J connectivity index is 5.25. The fraction of sp³-hybridized carbons (Fsp3) is 0.943. The molecule has 89 heavy (non-hydrogen) atoms. The van der Waals surface area contributed by atoms with Crippen molar-refractivity contribution in [1.82, 2.24) is 0 Å². The quantitative estimate of drug-likeness (QED) is 0.0222. The van der Waals surface area contributed by atoms with Gasteiger partial charge in [0.15, 0.2) is 12.2 Å². The Hall–Kier alpha value is -1.94. The fourth-order valence-electron chi connectivity index (χ4n) is 10.5. The molecule has 17 nitrogen and oxygen atoms in total. The highest BCUT2D eigenvalue weighted by Gasteiger charge is 2.30. The molecule has 0 heterocycles. The number of ether oxygens (including phenoxy) is 4. The van der Waals surface area contributed by atoms with E-state index >= 15 is 0 Å². The van der Waals surface area contributed by atoms with E-state index in [0.29, 0.717) is 25.7 Å². The summed E-state index contributed by atoms with van der Waals surface area (Å²) in [7, 11) is -9.90. The lowest BCUT2D eigenvalue weighted by atomic mass is 9.99. The molecule has 0 saturated heterocycles. The van der Waals surface area contributed by atoms with Gasteiger partial charge in [-0.2, -0.15) is 0 Å². The molecule has 0 bridgehead atoms. The van der Waals surface area contributed by atoms with Gasteiger partial charge < -0.3 is 33.8 Å². The second-order valence-corrected chi connectivity index (χ2v) is 29.4. The third-order valence-electron chi connectivity index (χ3n) is 16.5. The molecule has 0 amide bonds. The number of hydrogen-bond donors (Lipinski definition) is 3. The number of phosphoric ester groups is 2. The highest BCUT2D eigenvalue weighted by molar-refractivity contribution is 7.47. The predicted molar refractivity (Wildman–Crippen MR) is 358 cm³/mol. The number of unbranched alkanes of at least 4 members (excludes halogenated alkanes) is 35. The number of phosphoric acid groups is 2. The van der Waals surface area contributed by atoms with Crippen molar-refractivity contribution in [3.05, 3.63) is 0 Å². The molecule has 19 heteroatoms. The van der Waals surface area contributed by atoms with Crippen LogP contribution in [0, 0.1) is 17.8 Å². The lowest BCUT2D eigenvalue weighted by molar-refractivity contribution is -0.161. The van der Waals surface area contributed by atoms with Crippen LogP contribution < -0.4 is 0 Å². The molecule has 0 radical (unpaired) electrons. The Kier molecular flexibility index (Phi) is 59.6. The molecule has 0 aliphatic heterocycles. The summed E-state index contributed by atoms with van der Waals surface area (Å²) in [5.41, 5.74) is 0. The van der Waals surface area contributed by atoms with E-state index in [0.717, 1.165) is 108 Å². The predicted octanol–water partition coefficient (Wildman–Crippen LogP) is 19.8. The van der Waals surface area contributed by atoms with Crippen molar-refractivity contribution < 1.29 is 80.2 Å². The monoisotopic (exact) mass is 1310 g/mol. The summed E-state index contributed by atoms with van der Waals surface area (Å²) in [6.07, 6.45) is 44.3. The van der Waals surface area contributed by atoms with Crippen LogP contribution in [0.25, 0.3) is 0 Å². The van der Waals surface area contributed by atoms with Crippen molar-refractivity contribution in [2.45, 2.75) is 369 Å². The zero-order valence-corrected chi connectivity index (χ0v) is 59.7. The van der Waals surface area contributed by atoms with Crippen LogP contribution in [-0.2, 0) is 65.4 Å². The standard InChI is InChI=1S/C70H136O17P2/c1-8-10-11-12-13-20-30-37-44-51-67(72)80-57-65(87-70(75)54-47-40-33-26-19-22-28-35-42-49-62(5)6)59-84-88(76,77)82-55-64(71)56-83-89(78,79)85-60-66(86-69(74)53-46-39-32-25-16-14-15-21-27-34-41-48-61(3)4)58-81-68(73)52-45-38-31-24-18-17-23-29-36-43-50-63(7)9-2/h61-66,71H,8-60H2,1-7H3,(H,76,77)(H,78,79)/t63?,64-,65+,66+/m0/s1. The van der Waals surface area contributed by atoms with E-state index in [1.54, 1.807) is 0 Å². The van der Waals surface area contributed by atoms with E-state index in [-0.39, 0.29) is 25.7 Å². The number of rotatable bonds is 68. The van der Waals surface area contributed by atoms with Crippen molar-refractivity contribution in [1.29, 1.82) is 0 Å². The van der Waals surface area contributed by atoms with Crippen LogP contribution >= 0.6 is 15.6 Å². The zero-order chi connectivity index (χ0) is 65.9. The van der Waals surface area contributed by atoms with Gasteiger partial charge in [-0.1, -0.05) is 299 Å². The summed E-state index contributed by atoms with van der Waals surface area (Å²) in [5, 5.41) is 10.6. The molecule has 0 aromatic carbocycles. The van der Waals surface area contributed by atoms with Gasteiger partial charge in [-0.25, -0.2) is 9.13 Å². The van der Waals surface area contributed by atoms with Crippen molar-refractivity contribution in [3.63, 3.8) is 0 Å². The van der Waals surface area contributed by atoms with Gasteiger partial charge in [0.2, 0.25) is 0 Å². The van der Waals surface area contributed by atoms with Gasteiger partial charge in [0, 0.05) is 25.7 Å². The summed E-state index contributed by atoms with van der Waals surface area (Å²) >= 11 is 0. The minimum atomic E-state index is -4.95. The largest absolute Gasteiger partial charge is 0.472 e. The molecule has 0 aromatic rings. The van der Waals surface area contributed by atoms with Crippen molar-refractivity contribution in [2.75, 3.05) is 39.6 Å². The minimum Gasteiger partial charge on any atom is -0.462 e. The number of aliphatic hydroxyl groups excluding tert-OH is 1. The van der Waals surface area contributed by atoms with Crippen LogP contribution in [0.1, 0.15) is 350 Å². The van der Waals surface area contributed by atoms with Crippen LogP contribution in [0.4, 0.5) is 0 Å². The average Bonchev–Trinajstić information content (AvgIpc) is 3.63. The molecule has 3 N–H and O–H groups in total. The van der Waals surface area contributed by atoms with Gasteiger partial charge in [0.05, 0.1) is 26.4 Å². The second kappa shape index (κ2) is 61.0. The topological polar surface area (TPSA) is 237 Å². The molecule has 0 saturated carbocycles. The molecule has 0 aromatic heterocycles. The molecule has 0 aliphatic carbocycles. The maximum absolute atomic E-state index is 13.0. The van der Waals surface area contributed by atoms with Gasteiger partial charge >= 0.3 is 39.5 Å². The van der Waals surface area contributed by atoms with Crippen LogP contribution in [0.2, 0.25) is 0 Å². The first-order chi connectivity index (χ1) is 42.8. The maximum Gasteiger partial charge on any atom is 0.472 e. The Bertz CT molecular complexity index is 1750. The normalized spacial score (nSPS) is 14.5. The van der Waals surface area contributed by atoms with Gasteiger partial charge in [-0.15, -0.1) is 0 Å². The third-order valence-corrected chi connectivity index (χ3v) is 18.4. The number of hydrogen-bond acceptors (Lipinski definition) is 15. The minimum absolute atomic E-state index is 0.105. The summed E-state index contributed by atoms with van der Waals surface area (Å²) in [6, 6.07) is 0. The van der Waals surface area contributed by atoms with Gasteiger partial charge in [0.1, 0.15) is 19.3 Å². The molecule has 0 aliphatic rings. The summed E-state index contributed by atoms with van der Waals surface area (Å²) < 4.78 is 68.3. The first-order valence-electron chi connectivity index (χ1n) is 36.4. The van der Waals surface area contributed by atoms with Crippen LogP contribution in [0.5, 0.6) is 0 Å². The zero-order valence-electron chi connectivity index (χ0n) is 57.9. The molecule has 0 spiro atoms. The Morgan fingerprint density at radius 3 is 0.854 bits per heavy atom. The third kappa shape index (κ3) is 63.2. The molecular weight excluding hydrogens is 1170 g/mol. The van der Waals surface area contributed by atoms with E-state index in [4.69, 9.17) is 37.0 Å². The number of esters is 4. The highest BCUT2D eigenvalue weighted by atomic mass is 31.2. The van der Waals surface area contributed by atoms with E-state index in [1.807, 2.05) is 0 Å². The SMILES string of the molecule is CCCCCCCCCCCC(=O)OC[C@H](COP(=O)(O)OC[C@H](O)COP(=O)(O)OC[C@@H](COC(=O)CCCCCCCCCCCCC(C)CC)OC(=O)CCCCCCCCCCCCCC(C)C)OC(=O)CCCCCCCCCCCC(C)C. The van der Waals surface area contributed by atoms with E-state index in [9.17, 15) is 43.2 Å². The average molecular weight is 1310 g/mol. The van der Waals surface area contributed by atoms with Crippen LogP contribution in [-0.4, -0.2) is 96.7 Å². The number of carbonyl (C=O) groups is 4. The first-order valence-corrected chi connectivity index (χ1v) is 39.4. The molecular formula is C70H136O17P2.